The Morgan fingerprint density at radius 2 is 1.78 bits per heavy atom. The lowest BCUT2D eigenvalue weighted by Crippen LogP contribution is -2.23. The van der Waals surface area contributed by atoms with Crippen LogP contribution in [0.5, 0.6) is 5.75 Å². The molecule has 0 unspecified atom stereocenters. The largest absolute Gasteiger partial charge is 0.487 e. The number of esters is 1. The first kappa shape index (κ1) is 23.1. The van der Waals surface area contributed by atoms with Crippen molar-refractivity contribution in [3.05, 3.63) is 71.6 Å². The van der Waals surface area contributed by atoms with Gasteiger partial charge in [-0.25, -0.2) is 9.78 Å². The number of carbonyl (C=O) groups is 1. The van der Waals surface area contributed by atoms with E-state index in [1.54, 1.807) is 6.92 Å². The fraction of sp³-hybridized carbons (Fsp3) is 0.320. The van der Waals surface area contributed by atoms with Gasteiger partial charge in [0.05, 0.1) is 6.61 Å². The molecule has 0 aliphatic heterocycles. The summed E-state index contributed by atoms with van der Waals surface area (Å²) < 4.78 is 16.6. The molecule has 0 bridgehead atoms. The minimum absolute atomic E-state index is 0.0905. The quantitative estimate of drug-likeness (QED) is 0.243. The van der Waals surface area contributed by atoms with E-state index in [1.807, 2.05) is 75.4 Å². The molecule has 0 amide bonds. The van der Waals surface area contributed by atoms with Crippen LogP contribution in [0.1, 0.15) is 37.8 Å². The maximum absolute atomic E-state index is 11.9. The van der Waals surface area contributed by atoms with Gasteiger partial charge in [-0.1, -0.05) is 49.3 Å². The standard InChI is InChI=1S/C25H28N2O5/c1-5-29-25(28)23(17(2)3)27-31-15-19-11-13-21(14-12-19)30-16-22-18(4)32-24(26-22)20-9-7-6-8-10-20/h6-14,17H,5,15-16H2,1-4H3/b27-23+. The highest BCUT2D eigenvalue weighted by molar-refractivity contribution is 6.36. The first-order valence-electron chi connectivity index (χ1n) is 10.6. The summed E-state index contributed by atoms with van der Waals surface area (Å²) in [5, 5.41) is 3.96. The van der Waals surface area contributed by atoms with Crippen LogP contribution in [-0.2, 0) is 27.6 Å². The number of rotatable bonds is 10. The molecule has 7 nitrogen and oxygen atoms in total. The average Bonchev–Trinajstić information content (AvgIpc) is 3.17. The summed E-state index contributed by atoms with van der Waals surface area (Å²) in [5.41, 5.74) is 2.85. The zero-order chi connectivity index (χ0) is 22.9. The van der Waals surface area contributed by atoms with E-state index in [0.29, 0.717) is 24.9 Å². The first-order chi connectivity index (χ1) is 15.5. The van der Waals surface area contributed by atoms with Crippen LogP contribution in [0.3, 0.4) is 0 Å². The third-order valence-electron chi connectivity index (χ3n) is 4.64. The number of carbonyl (C=O) groups excluding carboxylic acids is 1. The van der Waals surface area contributed by atoms with E-state index in [4.69, 9.17) is 18.7 Å². The SMILES string of the molecule is CCOC(=O)/C(=N/OCc1ccc(OCc2nc(-c3ccccc3)oc2C)cc1)C(C)C. The number of oxazole rings is 1. The topological polar surface area (TPSA) is 83.2 Å². The number of benzene rings is 2. The molecule has 168 valence electrons. The maximum atomic E-state index is 11.9. The second-order valence-electron chi connectivity index (χ2n) is 7.45. The molecule has 0 saturated carbocycles. The van der Waals surface area contributed by atoms with Crippen LogP contribution in [0.15, 0.2) is 64.2 Å². The lowest BCUT2D eigenvalue weighted by molar-refractivity contribution is -0.135. The Morgan fingerprint density at radius 3 is 2.44 bits per heavy atom. The highest BCUT2D eigenvalue weighted by Crippen LogP contribution is 2.23. The molecule has 3 aromatic rings. The second-order valence-corrected chi connectivity index (χ2v) is 7.45. The van der Waals surface area contributed by atoms with Crippen LogP contribution in [0.25, 0.3) is 11.5 Å². The third-order valence-corrected chi connectivity index (χ3v) is 4.64. The summed E-state index contributed by atoms with van der Waals surface area (Å²) in [7, 11) is 0. The molecule has 0 fully saturated rings. The average molecular weight is 437 g/mol. The number of aryl methyl sites for hydroxylation is 1. The van der Waals surface area contributed by atoms with E-state index >= 15 is 0 Å². The van der Waals surface area contributed by atoms with Crippen molar-refractivity contribution >= 4 is 11.7 Å². The molecular formula is C25H28N2O5. The van der Waals surface area contributed by atoms with Crippen molar-refractivity contribution in [1.82, 2.24) is 4.98 Å². The molecule has 7 heteroatoms. The van der Waals surface area contributed by atoms with Crippen LogP contribution in [0, 0.1) is 12.8 Å². The Hall–Kier alpha value is -3.61. The zero-order valence-corrected chi connectivity index (χ0v) is 18.8. The summed E-state index contributed by atoms with van der Waals surface area (Å²) in [6.07, 6.45) is 0. The fourth-order valence-electron chi connectivity index (χ4n) is 2.86. The molecule has 2 aromatic carbocycles. The molecule has 0 aliphatic carbocycles. The van der Waals surface area contributed by atoms with Gasteiger partial charge in [0.15, 0.2) is 5.71 Å². The van der Waals surface area contributed by atoms with Gasteiger partial charge in [0.1, 0.15) is 30.4 Å². The highest BCUT2D eigenvalue weighted by atomic mass is 16.6. The van der Waals surface area contributed by atoms with Crippen LogP contribution in [-0.4, -0.2) is 23.3 Å². The first-order valence-corrected chi connectivity index (χ1v) is 10.6. The minimum Gasteiger partial charge on any atom is -0.487 e. The smallest absolute Gasteiger partial charge is 0.356 e. The number of hydrogen-bond donors (Lipinski definition) is 0. The Bertz CT molecular complexity index is 1040. The Labute approximate surface area is 188 Å². The molecule has 0 atom stereocenters. The van der Waals surface area contributed by atoms with Gasteiger partial charge in [-0.3, -0.25) is 0 Å². The number of oxime groups is 1. The molecule has 0 saturated heterocycles. The monoisotopic (exact) mass is 436 g/mol. The predicted octanol–water partition coefficient (Wildman–Crippen LogP) is 5.32. The summed E-state index contributed by atoms with van der Waals surface area (Å²) in [6, 6.07) is 17.2. The van der Waals surface area contributed by atoms with E-state index in [9.17, 15) is 4.79 Å². The normalized spacial score (nSPS) is 11.5. The molecule has 0 N–H and O–H groups in total. The number of nitrogens with zero attached hydrogens (tertiary/aromatic N) is 2. The van der Waals surface area contributed by atoms with E-state index in [-0.39, 0.29) is 18.2 Å². The lowest BCUT2D eigenvalue weighted by atomic mass is 10.1. The molecule has 0 spiro atoms. The Morgan fingerprint density at radius 1 is 1.06 bits per heavy atom. The molecule has 1 aromatic heterocycles. The molecule has 1 heterocycles. The second kappa shape index (κ2) is 11.1. The van der Waals surface area contributed by atoms with E-state index in [0.717, 1.165) is 22.6 Å². The number of hydrogen-bond acceptors (Lipinski definition) is 7. The fourth-order valence-corrected chi connectivity index (χ4v) is 2.86. The molecular weight excluding hydrogens is 408 g/mol. The van der Waals surface area contributed by atoms with Crippen molar-refractivity contribution in [2.24, 2.45) is 11.1 Å². The number of aromatic nitrogens is 1. The van der Waals surface area contributed by atoms with Gasteiger partial charge in [0.25, 0.3) is 0 Å². The third kappa shape index (κ3) is 6.20. The Balaban J connectivity index is 1.55. The van der Waals surface area contributed by atoms with E-state index in [2.05, 4.69) is 10.1 Å². The molecule has 3 rings (SSSR count). The molecule has 0 radical (unpaired) electrons. The molecule has 0 aliphatic rings. The van der Waals surface area contributed by atoms with E-state index < -0.39 is 5.97 Å². The van der Waals surface area contributed by atoms with Crippen LogP contribution in [0.4, 0.5) is 0 Å². The zero-order valence-electron chi connectivity index (χ0n) is 18.8. The lowest BCUT2D eigenvalue weighted by Gasteiger charge is -2.09. The van der Waals surface area contributed by atoms with Crippen molar-refractivity contribution < 1.29 is 23.5 Å². The summed E-state index contributed by atoms with van der Waals surface area (Å²) in [6.45, 7) is 8.20. The van der Waals surface area contributed by atoms with Crippen LogP contribution < -0.4 is 4.74 Å². The van der Waals surface area contributed by atoms with Crippen molar-refractivity contribution in [2.75, 3.05) is 6.61 Å². The van der Waals surface area contributed by atoms with Gasteiger partial charge in [-0.05, 0) is 43.7 Å². The van der Waals surface area contributed by atoms with E-state index in [1.165, 1.54) is 0 Å². The Kier molecular flexibility index (Phi) is 8.02. The van der Waals surface area contributed by atoms with Crippen molar-refractivity contribution in [1.29, 1.82) is 0 Å². The van der Waals surface area contributed by atoms with Gasteiger partial charge < -0.3 is 18.7 Å². The van der Waals surface area contributed by atoms with Gasteiger partial charge in [-0.2, -0.15) is 0 Å². The van der Waals surface area contributed by atoms with Crippen molar-refractivity contribution in [3.8, 4) is 17.2 Å². The summed E-state index contributed by atoms with van der Waals surface area (Å²) in [4.78, 5) is 21.8. The van der Waals surface area contributed by atoms with Gasteiger partial charge in [0, 0.05) is 11.5 Å². The minimum atomic E-state index is -0.454. The summed E-state index contributed by atoms with van der Waals surface area (Å²) in [5.74, 6) is 1.47. The van der Waals surface area contributed by atoms with Crippen molar-refractivity contribution in [3.63, 3.8) is 0 Å². The highest BCUT2D eigenvalue weighted by Gasteiger charge is 2.17. The van der Waals surface area contributed by atoms with Crippen LogP contribution in [0.2, 0.25) is 0 Å². The number of ether oxygens (including phenoxy) is 2. The predicted molar refractivity (Wildman–Crippen MR) is 121 cm³/mol. The molecule has 32 heavy (non-hydrogen) atoms. The van der Waals surface area contributed by atoms with Gasteiger partial charge >= 0.3 is 5.97 Å². The summed E-state index contributed by atoms with van der Waals surface area (Å²) >= 11 is 0. The van der Waals surface area contributed by atoms with Crippen molar-refractivity contribution in [2.45, 2.75) is 40.9 Å². The van der Waals surface area contributed by atoms with Gasteiger partial charge in [0.2, 0.25) is 5.89 Å². The maximum Gasteiger partial charge on any atom is 0.356 e. The van der Waals surface area contributed by atoms with Gasteiger partial charge in [-0.15, -0.1) is 0 Å². The van der Waals surface area contributed by atoms with Crippen LogP contribution >= 0.6 is 0 Å².